The fourth-order valence-electron chi connectivity index (χ4n) is 2.15. The molecule has 0 saturated carbocycles. The summed E-state index contributed by atoms with van der Waals surface area (Å²) in [5.41, 5.74) is 0.105. The van der Waals surface area contributed by atoms with Gasteiger partial charge in [0, 0.05) is 31.0 Å². The highest BCUT2D eigenvalue weighted by Gasteiger charge is 2.33. The Hall–Kier alpha value is -1.82. The minimum Gasteiger partial charge on any atom is -0.316 e. The van der Waals surface area contributed by atoms with Crippen molar-refractivity contribution in [1.82, 2.24) is 14.9 Å². The molecule has 0 aliphatic carbocycles. The van der Waals surface area contributed by atoms with Crippen LogP contribution < -0.4 is 5.32 Å². The first-order valence-corrected chi connectivity index (χ1v) is 6.34. The van der Waals surface area contributed by atoms with Gasteiger partial charge in [-0.05, 0) is 24.7 Å². The summed E-state index contributed by atoms with van der Waals surface area (Å²) in [6.07, 6.45) is -0.443. The van der Waals surface area contributed by atoms with Crippen LogP contribution in [0.15, 0.2) is 30.6 Å². The minimum absolute atomic E-state index is 0.180. The number of imidazole rings is 1. The van der Waals surface area contributed by atoms with Crippen molar-refractivity contribution in [1.29, 1.82) is 0 Å². The van der Waals surface area contributed by atoms with E-state index in [0.717, 1.165) is 5.82 Å². The number of alkyl halides is 3. The molecule has 2 rings (SSSR count). The number of hydrogen-bond acceptors (Lipinski definition) is 2. The molecule has 108 valence electrons. The van der Waals surface area contributed by atoms with Crippen molar-refractivity contribution in [3.05, 3.63) is 47.5 Å². The van der Waals surface area contributed by atoms with Crippen LogP contribution in [0.25, 0.3) is 5.69 Å². The molecule has 0 fully saturated rings. The van der Waals surface area contributed by atoms with Gasteiger partial charge in [-0.25, -0.2) is 4.98 Å². The van der Waals surface area contributed by atoms with Gasteiger partial charge in [-0.2, -0.15) is 13.2 Å². The molecule has 1 aromatic carbocycles. The van der Waals surface area contributed by atoms with E-state index in [9.17, 15) is 13.2 Å². The zero-order valence-electron chi connectivity index (χ0n) is 11.3. The first-order valence-electron chi connectivity index (χ1n) is 6.34. The minimum atomic E-state index is -4.37. The lowest BCUT2D eigenvalue weighted by Gasteiger charge is -2.15. The Morgan fingerprint density at radius 3 is 2.65 bits per heavy atom. The Balaban J connectivity index is 2.52. The Kier molecular flexibility index (Phi) is 4.13. The number of rotatable bonds is 4. The molecule has 0 atom stereocenters. The molecule has 1 aromatic heterocycles. The van der Waals surface area contributed by atoms with Gasteiger partial charge in [0.1, 0.15) is 5.82 Å². The van der Waals surface area contributed by atoms with Crippen LogP contribution in [0.4, 0.5) is 13.2 Å². The van der Waals surface area contributed by atoms with Crippen LogP contribution in [0.2, 0.25) is 0 Å². The van der Waals surface area contributed by atoms with Gasteiger partial charge in [0.2, 0.25) is 0 Å². The first kappa shape index (κ1) is 14.6. The second kappa shape index (κ2) is 5.66. The summed E-state index contributed by atoms with van der Waals surface area (Å²) in [7, 11) is 1.62. The highest BCUT2D eigenvalue weighted by atomic mass is 19.4. The van der Waals surface area contributed by atoms with Crippen LogP contribution in [-0.2, 0) is 19.1 Å². The predicted octanol–water partition coefficient (Wildman–Crippen LogP) is 3.17. The van der Waals surface area contributed by atoms with Gasteiger partial charge in [0.15, 0.2) is 0 Å². The number of aromatic nitrogens is 2. The normalized spacial score (nSPS) is 11.8. The van der Waals surface area contributed by atoms with E-state index in [2.05, 4.69) is 10.3 Å². The third-order valence-corrected chi connectivity index (χ3v) is 3.08. The van der Waals surface area contributed by atoms with E-state index in [-0.39, 0.29) is 12.1 Å². The molecule has 2 aromatic rings. The Morgan fingerprint density at radius 2 is 2.05 bits per heavy atom. The third-order valence-electron chi connectivity index (χ3n) is 3.08. The fraction of sp³-hybridized carbons (Fsp3) is 0.357. The van der Waals surface area contributed by atoms with Gasteiger partial charge in [-0.3, -0.25) is 0 Å². The van der Waals surface area contributed by atoms with Crippen molar-refractivity contribution in [3.8, 4) is 5.69 Å². The monoisotopic (exact) mass is 283 g/mol. The second-order valence-corrected chi connectivity index (χ2v) is 4.44. The smallest absolute Gasteiger partial charge is 0.316 e. The SMILES string of the molecule is CCc1nccn1-c1ccc(CNC)c(C(F)(F)F)c1. The maximum absolute atomic E-state index is 13.1. The van der Waals surface area contributed by atoms with Gasteiger partial charge >= 0.3 is 6.18 Å². The zero-order chi connectivity index (χ0) is 14.8. The summed E-state index contributed by atoms with van der Waals surface area (Å²) < 4.78 is 41.0. The molecular formula is C14H16F3N3. The number of aryl methyl sites for hydroxylation is 1. The van der Waals surface area contributed by atoms with Crippen LogP contribution in [0.5, 0.6) is 0 Å². The lowest BCUT2D eigenvalue weighted by atomic mass is 10.1. The largest absolute Gasteiger partial charge is 0.416 e. The van der Waals surface area contributed by atoms with Gasteiger partial charge in [-0.1, -0.05) is 13.0 Å². The van der Waals surface area contributed by atoms with Gasteiger partial charge in [-0.15, -0.1) is 0 Å². The lowest BCUT2D eigenvalue weighted by Crippen LogP contribution is -2.15. The molecule has 0 amide bonds. The number of benzene rings is 1. The molecule has 0 radical (unpaired) electrons. The second-order valence-electron chi connectivity index (χ2n) is 4.44. The van der Waals surface area contributed by atoms with Crippen LogP contribution in [0.3, 0.4) is 0 Å². The van der Waals surface area contributed by atoms with E-state index in [1.54, 1.807) is 30.1 Å². The number of nitrogens with one attached hydrogen (secondary N) is 1. The summed E-state index contributed by atoms with van der Waals surface area (Å²) in [5.74, 6) is 0.736. The molecule has 20 heavy (non-hydrogen) atoms. The van der Waals surface area contributed by atoms with Gasteiger partial charge in [0.25, 0.3) is 0 Å². The van der Waals surface area contributed by atoms with Gasteiger partial charge < -0.3 is 9.88 Å². The summed E-state index contributed by atoms with van der Waals surface area (Å²) in [4.78, 5) is 4.13. The van der Waals surface area contributed by atoms with Crippen LogP contribution in [-0.4, -0.2) is 16.6 Å². The van der Waals surface area contributed by atoms with E-state index < -0.39 is 11.7 Å². The summed E-state index contributed by atoms with van der Waals surface area (Å²) in [6, 6.07) is 4.37. The molecule has 3 nitrogen and oxygen atoms in total. The summed E-state index contributed by atoms with van der Waals surface area (Å²) in [5, 5.41) is 2.75. The van der Waals surface area contributed by atoms with Gasteiger partial charge in [0.05, 0.1) is 5.56 Å². The van der Waals surface area contributed by atoms with Crippen molar-refractivity contribution in [2.24, 2.45) is 0 Å². The van der Waals surface area contributed by atoms with Crippen molar-refractivity contribution in [2.75, 3.05) is 7.05 Å². The lowest BCUT2D eigenvalue weighted by molar-refractivity contribution is -0.138. The third kappa shape index (κ3) is 2.85. The molecule has 0 saturated heterocycles. The molecule has 0 spiro atoms. The number of nitrogens with zero attached hydrogens (tertiary/aromatic N) is 2. The summed E-state index contributed by atoms with van der Waals surface area (Å²) >= 11 is 0. The average molecular weight is 283 g/mol. The van der Waals surface area contributed by atoms with Crippen molar-refractivity contribution < 1.29 is 13.2 Å². The van der Waals surface area contributed by atoms with E-state index >= 15 is 0 Å². The van der Waals surface area contributed by atoms with Crippen LogP contribution in [0, 0.1) is 0 Å². The maximum Gasteiger partial charge on any atom is 0.416 e. The average Bonchev–Trinajstić information content (AvgIpc) is 2.86. The van der Waals surface area contributed by atoms with Crippen LogP contribution >= 0.6 is 0 Å². The quantitative estimate of drug-likeness (QED) is 0.934. The first-order chi connectivity index (χ1) is 9.47. The Bertz CT molecular complexity index is 588. The van der Waals surface area contributed by atoms with E-state index in [0.29, 0.717) is 12.1 Å². The number of halogens is 3. The van der Waals surface area contributed by atoms with Crippen LogP contribution in [0.1, 0.15) is 23.9 Å². The molecule has 1 N–H and O–H groups in total. The van der Waals surface area contributed by atoms with Crippen molar-refractivity contribution >= 4 is 0 Å². The molecule has 0 bridgehead atoms. The Labute approximate surface area is 115 Å². The maximum atomic E-state index is 13.1. The predicted molar refractivity (Wildman–Crippen MR) is 70.7 cm³/mol. The summed E-state index contributed by atoms with van der Waals surface area (Å²) in [6.45, 7) is 2.10. The molecule has 0 unspecified atom stereocenters. The topological polar surface area (TPSA) is 29.9 Å². The highest BCUT2D eigenvalue weighted by molar-refractivity contribution is 5.43. The Morgan fingerprint density at radius 1 is 1.30 bits per heavy atom. The van der Waals surface area contributed by atoms with E-state index in [1.807, 2.05) is 6.92 Å². The zero-order valence-corrected chi connectivity index (χ0v) is 11.3. The molecule has 0 aliphatic rings. The van der Waals surface area contributed by atoms with E-state index in [4.69, 9.17) is 0 Å². The number of hydrogen-bond donors (Lipinski definition) is 1. The molecule has 1 heterocycles. The fourth-order valence-corrected chi connectivity index (χ4v) is 2.15. The highest BCUT2D eigenvalue weighted by Crippen LogP contribution is 2.33. The van der Waals surface area contributed by atoms with E-state index in [1.165, 1.54) is 12.1 Å². The molecule has 0 aliphatic heterocycles. The standard InChI is InChI=1S/C14H16F3N3/c1-3-13-19-6-7-20(13)11-5-4-10(9-18-2)12(8-11)14(15,16)17/h4-8,18H,3,9H2,1-2H3. The van der Waals surface area contributed by atoms with Crippen molar-refractivity contribution in [3.63, 3.8) is 0 Å². The molecule has 6 heteroatoms. The van der Waals surface area contributed by atoms with Crippen molar-refractivity contribution in [2.45, 2.75) is 26.1 Å². The molecular weight excluding hydrogens is 267 g/mol.